The van der Waals surface area contributed by atoms with Crippen LogP contribution in [-0.2, 0) is 0 Å². The van der Waals surface area contributed by atoms with Crippen LogP contribution in [0, 0.1) is 6.92 Å². The van der Waals surface area contributed by atoms with Gasteiger partial charge in [-0.15, -0.1) is 0 Å². The lowest BCUT2D eigenvalue weighted by atomic mass is 10.0. The van der Waals surface area contributed by atoms with E-state index in [-0.39, 0.29) is 5.91 Å². The number of nitrogens with one attached hydrogen (secondary N) is 1. The lowest BCUT2D eigenvalue weighted by Gasteiger charge is -2.04. The molecule has 3 heteroatoms. The predicted octanol–water partition coefficient (Wildman–Crippen LogP) is 3.91. The van der Waals surface area contributed by atoms with Gasteiger partial charge in [-0.05, 0) is 29.3 Å². The lowest BCUT2D eigenvalue weighted by molar-refractivity contribution is 0.0957. The van der Waals surface area contributed by atoms with Gasteiger partial charge in [0.05, 0.1) is 6.21 Å². The van der Waals surface area contributed by atoms with E-state index < -0.39 is 0 Å². The average molecular weight is 288 g/mol. The number of aryl methyl sites for hydroxylation is 1. The molecule has 0 bridgehead atoms. The monoisotopic (exact) mass is 288 g/mol. The number of carbonyl (C=O) groups excluding carboxylic acids is 1. The van der Waals surface area contributed by atoms with Crippen molar-refractivity contribution in [2.75, 3.05) is 0 Å². The smallest absolute Gasteiger partial charge is 0.267 e. The number of hydrogen-bond donors (Lipinski definition) is 1. The van der Waals surface area contributed by atoms with E-state index in [1.54, 1.807) is 12.3 Å². The molecule has 0 aliphatic rings. The summed E-state index contributed by atoms with van der Waals surface area (Å²) in [6.07, 6.45) is 1.64. The molecule has 22 heavy (non-hydrogen) atoms. The van der Waals surface area contributed by atoms with Crippen LogP contribution in [0.2, 0.25) is 0 Å². The van der Waals surface area contributed by atoms with Gasteiger partial charge in [0.25, 0.3) is 5.91 Å². The number of benzene rings is 3. The van der Waals surface area contributed by atoms with Gasteiger partial charge in [-0.25, -0.2) is 5.43 Å². The quantitative estimate of drug-likeness (QED) is 0.576. The molecule has 0 spiro atoms. The van der Waals surface area contributed by atoms with Gasteiger partial charge >= 0.3 is 0 Å². The zero-order chi connectivity index (χ0) is 15.4. The molecule has 0 atom stereocenters. The van der Waals surface area contributed by atoms with E-state index in [1.807, 2.05) is 67.6 Å². The van der Waals surface area contributed by atoms with Crippen molar-refractivity contribution < 1.29 is 4.79 Å². The molecule has 1 N–H and O–H groups in total. The Kier molecular flexibility index (Phi) is 3.97. The van der Waals surface area contributed by atoms with Crippen LogP contribution in [0.3, 0.4) is 0 Å². The molecule has 0 aliphatic heterocycles. The minimum atomic E-state index is -0.208. The molecule has 0 aliphatic carbocycles. The fourth-order valence-corrected chi connectivity index (χ4v) is 2.30. The molecular formula is C19H16N2O. The number of rotatable bonds is 3. The molecule has 1 amide bonds. The minimum Gasteiger partial charge on any atom is -0.267 e. The Hall–Kier alpha value is -2.94. The van der Waals surface area contributed by atoms with Gasteiger partial charge in [0.15, 0.2) is 0 Å². The summed E-state index contributed by atoms with van der Waals surface area (Å²) in [5, 5.41) is 5.99. The van der Waals surface area contributed by atoms with Crippen LogP contribution in [-0.4, -0.2) is 12.1 Å². The summed E-state index contributed by atoms with van der Waals surface area (Å²) >= 11 is 0. The Morgan fingerprint density at radius 2 is 1.68 bits per heavy atom. The summed E-state index contributed by atoms with van der Waals surface area (Å²) < 4.78 is 0. The predicted molar refractivity (Wildman–Crippen MR) is 90.2 cm³/mol. The maximum atomic E-state index is 12.3. The molecule has 0 aromatic heterocycles. The van der Waals surface area contributed by atoms with Crippen molar-refractivity contribution >= 4 is 22.9 Å². The Balaban J connectivity index is 1.77. The van der Waals surface area contributed by atoms with Crippen LogP contribution >= 0.6 is 0 Å². The SMILES string of the molecule is Cc1ccc(/C=N/NC(=O)c2cccc3ccccc23)cc1. The number of fused-ring (bicyclic) bond motifs is 1. The molecule has 3 rings (SSSR count). The summed E-state index contributed by atoms with van der Waals surface area (Å²) in [6.45, 7) is 2.03. The average Bonchev–Trinajstić information content (AvgIpc) is 2.56. The summed E-state index contributed by atoms with van der Waals surface area (Å²) in [5.41, 5.74) is 5.35. The maximum absolute atomic E-state index is 12.3. The Labute approximate surface area is 129 Å². The van der Waals surface area contributed by atoms with Gasteiger partial charge in [0, 0.05) is 5.56 Å². The Morgan fingerprint density at radius 1 is 0.955 bits per heavy atom. The summed E-state index contributed by atoms with van der Waals surface area (Å²) in [5.74, 6) is -0.208. The fraction of sp³-hybridized carbons (Fsp3) is 0.0526. The van der Waals surface area contributed by atoms with E-state index in [4.69, 9.17) is 0 Å². The summed E-state index contributed by atoms with van der Waals surface area (Å²) in [4.78, 5) is 12.3. The molecule has 3 aromatic carbocycles. The van der Waals surface area contributed by atoms with Crippen molar-refractivity contribution in [3.8, 4) is 0 Å². The van der Waals surface area contributed by atoms with Crippen LogP contribution in [0.15, 0.2) is 71.8 Å². The van der Waals surface area contributed by atoms with E-state index in [0.29, 0.717) is 5.56 Å². The molecular weight excluding hydrogens is 272 g/mol. The lowest BCUT2D eigenvalue weighted by Crippen LogP contribution is -2.17. The van der Waals surface area contributed by atoms with Gasteiger partial charge in [-0.3, -0.25) is 4.79 Å². The molecule has 0 heterocycles. The highest BCUT2D eigenvalue weighted by atomic mass is 16.2. The first-order valence-corrected chi connectivity index (χ1v) is 7.12. The van der Waals surface area contributed by atoms with Crippen LogP contribution in [0.25, 0.3) is 10.8 Å². The van der Waals surface area contributed by atoms with E-state index in [2.05, 4.69) is 10.5 Å². The van der Waals surface area contributed by atoms with Crippen LogP contribution in [0.4, 0.5) is 0 Å². The first-order valence-electron chi connectivity index (χ1n) is 7.12. The number of nitrogens with zero attached hydrogens (tertiary/aromatic N) is 1. The number of amides is 1. The fourth-order valence-electron chi connectivity index (χ4n) is 2.30. The normalized spacial score (nSPS) is 11.0. The second-order valence-corrected chi connectivity index (χ2v) is 5.14. The van der Waals surface area contributed by atoms with Crippen LogP contribution < -0.4 is 5.43 Å². The molecule has 0 radical (unpaired) electrons. The Bertz CT molecular complexity index is 830. The second-order valence-electron chi connectivity index (χ2n) is 5.14. The molecule has 0 saturated heterocycles. The third-order valence-corrected chi connectivity index (χ3v) is 3.49. The van der Waals surface area contributed by atoms with Gasteiger partial charge < -0.3 is 0 Å². The third kappa shape index (κ3) is 3.04. The standard InChI is InChI=1S/C19H16N2O/c1-14-9-11-15(12-10-14)13-20-21-19(22)18-8-4-6-16-5-2-3-7-17(16)18/h2-13H,1H3,(H,21,22)/b20-13+. The molecule has 3 nitrogen and oxygen atoms in total. The maximum Gasteiger partial charge on any atom is 0.271 e. The van der Waals surface area contributed by atoms with Gasteiger partial charge in [0.1, 0.15) is 0 Å². The highest BCUT2D eigenvalue weighted by Crippen LogP contribution is 2.18. The number of carbonyl (C=O) groups is 1. The first kappa shape index (κ1) is 14.0. The minimum absolute atomic E-state index is 0.208. The summed E-state index contributed by atoms with van der Waals surface area (Å²) in [7, 11) is 0. The van der Waals surface area contributed by atoms with Gasteiger partial charge in [-0.1, -0.05) is 66.2 Å². The van der Waals surface area contributed by atoms with Crippen molar-refractivity contribution in [1.82, 2.24) is 5.43 Å². The van der Waals surface area contributed by atoms with Gasteiger partial charge in [0.2, 0.25) is 0 Å². The third-order valence-electron chi connectivity index (χ3n) is 3.49. The largest absolute Gasteiger partial charge is 0.271 e. The van der Waals surface area contributed by atoms with Crippen LogP contribution in [0.5, 0.6) is 0 Å². The van der Waals surface area contributed by atoms with Gasteiger partial charge in [-0.2, -0.15) is 5.10 Å². The van der Waals surface area contributed by atoms with E-state index >= 15 is 0 Å². The Morgan fingerprint density at radius 3 is 2.50 bits per heavy atom. The molecule has 3 aromatic rings. The van der Waals surface area contributed by atoms with E-state index in [9.17, 15) is 4.79 Å². The topological polar surface area (TPSA) is 41.5 Å². The van der Waals surface area contributed by atoms with E-state index in [0.717, 1.165) is 16.3 Å². The second kappa shape index (κ2) is 6.22. The van der Waals surface area contributed by atoms with E-state index in [1.165, 1.54) is 5.56 Å². The molecule has 108 valence electrons. The van der Waals surface area contributed by atoms with Crippen molar-refractivity contribution in [1.29, 1.82) is 0 Å². The zero-order valence-electron chi connectivity index (χ0n) is 12.3. The highest BCUT2D eigenvalue weighted by Gasteiger charge is 2.08. The highest BCUT2D eigenvalue weighted by molar-refractivity contribution is 6.07. The van der Waals surface area contributed by atoms with Crippen molar-refractivity contribution in [3.05, 3.63) is 83.4 Å². The molecule has 0 fully saturated rings. The van der Waals surface area contributed by atoms with Crippen molar-refractivity contribution in [2.24, 2.45) is 5.10 Å². The number of hydrazone groups is 1. The molecule has 0 saturated carbocycles. The summed E-state index contributed by atoms with van der Waals surface area (Å²) in [6, 6.07) is 21.4. The first-order chi connectivity index (χ1) is 10.7. The zero-order valence-corrected chi connectivity index (χ0v) is 12.3. The van der Waals surface area contributed by atoms with Crippen molar-refractivity contribution in [2.45, 2.75) is 6.92 Å². The molecule has 0 unspecified atom stereocenters. The number of hydrogen-bond acceptors (Lipinski definition) is 2. The van der Waals surface area contributed by atoms with Crippen molar-refractivity contribution in [3.63, 3.8) is 0 Å². The van der Waals surface area contributed by atoms with Crippen LogP contribution in [0.1, 0.15) is 21.5 Å².